The van der Waals surface area contributed by atoms with Crippen LogP contribution < -0.4 is 20.6 Å². The third-order valence-electron chi connectivity index (χ3n) is 5.92. The van der Waals surface area contributed by atoms with Crippen LogP contribution in [0.15, 0.2) is 49.1 Å². The molecule has 2 aromatic rings. The maximum Gasteiger partial charge on any atom is 0.170 e. The third kappa shape index (κ3) is 11.8. The van der Waals surface area contributed by atoms with Gasteiger partial charge in [-0.1, -0.05) is 64.2 Å². The number of pyridine rings is 2. The SMILES string of the molecule is Nc1cc[n+](CCCCCCCCCCCCCCCC[n+]2ccc(N)cc2)cc1. The first kappa shape index (κ1) is 24.2. The van der Waals surface area contributed by atoms with Crippen molar-refractivity contribution in [2.24, 2.45) is 0 Å². The van der Waals surface area contributed by atoms with E-state index >= 15 is 0 Å². The molecule has 0 saturated carbocycles. The number of aryl methyl sites for hydroxylation is 2. The molecular weight excluding hydrogens is 368 g/mol. The fraction of sp³-hybridized carbons (Fsp3) is 0.615. The van der Waals surface area contributed by atoms with Gasteiger partial charge in [0.2, 0.25) is 0 Å². The van der Waals surface area contributed by atoms with Crippen molar-refractivity contribution in [3.8, 4) is 0 Å². The van der Waals surface area contributed by atoms with Crippen molar-refractivity contribution in [2.45, 2.75) is 103 Å². The quantitative estimate of drug-likeness (QED) is 0.263. The topological polar surface area (TPSA) is 59.8 Å². The molecule has 4 nitrogen and oxygen atoms in total. The number of nitrogen functional groups attached to an aromatic ring is 2. The molecule has 166 valence electrons. The molecule has 0 unspecified atom stereocenters. The van der Waals surface area contributed by atoms with Crippen LogP contribution in [-0.2, 0) is 13.1 Å². The number of hydrogen-bond acceptors (Lipinski definition) is 2. The molecule has 0 spiro atoms. The van der Waals surface area contributed by atoms with Gasteiger partial charge in [-0.3, -0.25) is 0 Å². The summed E-state index contributed by atoms with van der Waals surface area (Å²) in [7, 11) is 0. The predicted molar refractivity (Wildman–Crippen MR) is 127 cm³/mol. The fourth-order valence-corrected chi connectivity index (χ4v) is 3.95. The third-order valence-corrected chi connectivity index (χ3v) is 5.92. The first-order valence-corrected chi connectivity index (χ1v) is 12.2. The van der Waals surface area contributed by atoms with Gasteiger partial charge in [0, 0.05) is 48.5 Å². The van der Waals surface area contributed by atoms with Gasteiger partial charge in [-0.05, 0) is 12.8 Å². The van der Waals surface area contributed by atoms with E-state index in [1.807, 2.05) is 24.3 Å². The Morgan fingerprint density at radius 1 is 0.400 bits per heavy atom. The summed E-state index contributed by atoms with van der Waals surface area (Å²) in [5, 5.41) is 0. The normalized spacial score (nSPS) is 11.1. The number of anilines is 2. The largest absolute Gasteiger partial charge is 0.398 e. The zero-order chi connectivity index (χ0) is 21.3. The van der Waals surface area contributed by atoms with Crippen LogP contribution in [0.2, 0.25) is 0 Å². The van der Waals surface area contributed by atoms with Crippen LogP contribution in [0, 0.1) is 0 Å². The smallest absolute Gasteiger partial charge is 0.170 e. The number of nitrogens with two attached hydrogens (primary N) is 2. The summed E-state index contributed by atoms with van der Waals surface area (Å²) in [6.07, 6.45) is 27.6. The second kappa shape index (κ2) is 15.7. The standard InChI is InChI=1S/C26H42N4/c27-25-15-21-29(22-16-25)19-13-11-9-7-5-3-1-2-4-6-8-10-12-14-20-30-23-17-26(28)18-24-30/h15-18,21-24,27-28H,1-14,19-20H2/p+2. The molecule has 2 aromatic heterocycles. The fourth-order valence-electron chi connectivity index (χ4n) is 3.95. The zero-order valence-electron chi connectivity index (χ0n) is 19.0. The van der Waals surface area contributed by atoms with Crippen molar-refractivity contribution in [3.63, 3.8) is 0 Å². The molecule has 0 saturated heterocycles. The molecule has 0 radical (unpaired) electrons. The summed E-state index contributed by atoms with van der Waals surface area (Å²) >= 11 is 0. The minimum atomic E-state index is 0.843. The number of aromatic nitrogens is 2. The van der Waals surface area contributed by atoms with Crippen molar-refractivity contribution >= 4 is 11.4 Å². The molecule has 2 heterocycles. The maximum atomic E-state index is 5.72. The van der Waals surface area contributed by atoms with Crippen LogP contribution in [0.3, 0.4) is 0 Å². The average Bonchev–Trinajstić information content (AvgIpc) is 2.76. The Kier molecular flexibility index (Phi) is 12.7. The summed E-state index contributed by atoms with van der Waals surface area (Å²) in [6, 6.07) is 7.90. The summed E-state index contributed by atoms with van der Waals surface area (Å²) in [5.74, 6) is 0. The van der Waals surface area contributed by atoms with E-state index in [2.05, 4.69) is 33.9 Å². The summed E-state index contributed by atoms with van der Waals surface area (Å²) in [5.41, 5.74) is 13.1. The van der Waals surface area contributed by atoms with Crippen molar-refractivity contribution < 1.29 is 9.13 Å². The lowest BCUT2D eigenvalue weighted by atomic mass is 10.0. The van der Waals surface area contributed by atoms with Gasteiger partial charge in [0.1, 0.15) is 13.1 Å². The molecule has 0 aromatic carbocycles. The maximum absolute atomic E-state index is 5.72. The van der Waals surface area contributed by atoms with Gasteiger partial charge in [-0.2, -0.15) is 0 Å². The number of nitrogens with zero attached hydrogens (tertiary/aromatic N) is 2. The first-order valence-electron chi connectivity index (χ1n) is 12.2. The van der Waals surface area contributed by atoms with E-state index in [9.17, 15) is 0 Å². The van der Waals surface area contributed by atoms with Crippen molar-refractivity contribution in [3.05, 3.63) is 49.1 Å². The lowest BCUT2D eigenvalue weighted by Gasteiger charge is -2.03. The Morgan fingerprint density at radius 3 is 0.900 bits per heavy atom. The molecule has 0 bridgehead atoms. The van der Waals surface area contributed by atoms with Crippen LogP contribution in [0.25, 0.3) is 0 Å². The monoisotopic (exact) mass is 412 g/mol. The van der Waals surface area contributed by atoms with E-state index in [-0.39, 0.29) is 0 Å². The van der Waals surface area contributed by atoms with Crippen LogP contribution in [0.1, 0.15) is 89.9 Å². The van der Waals surface area contributed by atoms with Crippen LogP contribution in [0.5, 0.6) is 0 Å². The van der Waals surface area contributed by atoms with E-state index in [0.717, 1.165) is 24.5 Å². The predicted octanol–water partition coefficient (Wildman–Crippen LogP) is 5.59. The molecule has 2 rings (SSSR count). The molecule has 30 heavy (non-hydrogen) atoms. The second-order valence-electron chi connectivity index (χ2n) is 8.69. The lowest BCUT2D eigenvalue weighted by molar-refractivity contribution is -0.697. The van der Waals surface area contributed by atoms with Gasteiger partial charge >= 0.3 is 0 Å². The summed E-state index contributed by atoms with van der Waals surface area (Å²) < 4.78 is 4.46. The number of hydrogen-bond donors (Lipinski definition) is 2. The minimum Gasteiger partial charge on any atom is -0.398 e. The van der Waals surface area contributed by atoms with E-state index < -0.39 is 0 Å². The van der Waals surface area contributed by atoms with Gasteiger partial charge in [0.05, 0.1) is 0 Å². The van der Waals surface area contributed by atoms with Gasteiger partial charge < -0.3 is 11.5 Å². The Bertz CT molecular complexity index is 592. The molecule has 0 atom stereocenters. The second-order valence-corrected chi connectivity index (χ2v) is 8.69. The highest BCUT2D eigenvalue weighted by Crippen LogP contribution is 2.13. The van der Waals surface area contributed by atoms with E-state index in [4.69, 9.17) is 11.5 Å². The van der Waals surface area contributed by atoms with Gasteiger partial charge in [0.15, 0.2) is 24.8 Å². The summed E-state index contributed by atoms with van der Waals surface area (Å²) in [6.45, 7) is 2.22. The molecule has 4 heteroatoms. The lowest BCUT2D eigenvalue weighted by Crippen LogP contribution is -2.32. The minimum absolute atomic E-state index is 0.843. The molecule has 0 aliphatic heterocycles. The molecule has 4 N–H and O–H groups in total. The number of unbranched alkanes of at least 4 members (excludes halogenated alkanes) is 13. The van der Waals surface area contributed by atoms with Gasteiger partial charge in [-0.25, -0.2) is 9.13 Å². The van der Waals surface area contributed by atoms with Crippen LogP contribution in [-0.4, -0.2) is 0 Å². The Balaban J connectivity index is 1.27. The highest BCUT2D eigenvalue weighted by atomic mass is 14.9. The van der Waals surface area contributed by atoms with Crippen molar-refractivity contribution in [1.82, 2.24) is 0 Å². The van der Waals surface area contributed by atoms with Crippen molar-refractivity contribution in [2.75, 3.05) is 11.5 Å². The molecular formula is C26H44N4+2. The average molecular weight is 413 g/mol. The van der Waals surface area contributed by atoms with E-state index in [1.165, 1.54) is 89.9 Å². The van der Waals surface area contributed by atoms with Crippen molar-refractivity contribution in [1.29, 1.82) is 0 Å². The molecule has 0 aliphatic carbocycles. The van der Waals surface area contributed by atoms with Crippen LogP contribution >= 0.6 is 0 Å². The zero-order valence-corrected chi connectivity index (χ0v) is 19.0. The van der Waals surface area contributed by atoms with E-state index in [0.29, 0.717) is 0 Å². The Hall–Kier alpha value is -2.10. The molecule has 0 aliphatic rings. The van der Waals surface area contributed by atoms with Gasteiger partial charge in [0.25, 0.3) is 0 Å². The number of rotatable bonds is 17. The Labute approximate surface area is 184 Å². The summed E-state index contributed by atoms with van der Waals surface area (Å²) in [4.78, 5) is 0. The highest BCUT2D eigenvalue weighted by Gasteiger charge is 2.01. The first-order chi connectivity index (χ1) is 14.7. The Morgan fingerprint density at radius 2 is 0.633 bits per heavy atom. The van der Waals surface area contributed by atoms with Gasteiger partial charge in [-0.15, -0.1) is 0 Å². The van der Waals surface area contributed by atoms with E-state index in [1.54, 1.807) is 0 Å². The van der Waals surface area contributed by atoms with Crippen LogP contribution in [0.4, 0.5) is 11.4 Å². The highest BCUT2D eigenvalue weighted by molar-refractivity contribution is 5.32. The molecule has 0 amide bonds. The molecule has 0 fully saturated rings.